The molecule has 1 aromatic carbocycles. The van der Waals surface area contributed by atoms with Gasteiger partial charge >= 0.3 is 0 Å². The van der Waals surface area contributed by atoms with E-state index < -0.39 is 0 Å². The van der Waals surface area contributed by atoms with Crippen molar-refractivity contribution in [2.45, 2.75) is 25.8 Å². The van der Waals surface area contributed by atoms with Gasteiger partial charge in [0.1, 0.15) is 0 Å². The number of nitrogens with one attached hydrogen (secondary N) is 1. The summed E-state index contributed by atoms with van der Waals surface area (Å²) in [5, 5.41) is 2.57. The van der Waals surface area contributed by atoms with Gasteiger partial charge in [-0.2, -0.15) is 0 Å². The second kappa shape index (κ2) is 5.51. The molecule has 1 unspecified atom stereocenters. The molecule has 0 aliphatic carbocycles. The molecule has 1 atom stereocenters. The highest BCUT2D eigenvalue weighted by Gasteiger charge is 2.09. The topological polar surface area (TPSA) is 55.1 Å². The number of hydrogen-bond donors (Lipinski definition) is 2. The largest absolute Gasteiger partial charge is 0.359 e. The van der Waals surface area contributed by atoms with Crippen LogP contribution < -0.4 is 11.1 Å². The summed E-state index contributed by atoms with van der Waals surface area (Å²) < 4.78 is 0. The minimum atomic E-state index is -0.212. The molecule has 0 spiro atoms. The predicted molar refractivity (Wildman–Crippen MR) is 61.4 cm³/mol. The lowest BCUT2D eigenvalue weighted by Crippen LogP contribution is -2.24. The fraction of sp³-hybridized carbons (Fsp3) is 0.417. The Balaban J connectivity index is 2.65. The summed E-state index contributed by atoms with van der Waals surface area (Å²) in [7, 11) is 1.62. The molecular formula is C12H18N2O. The van der Waals surface area contributed by atoms with Gasteiger partial charge in [-0.1, -0.05) is 31.2 Å². The van der Waals surface area contributed by atoms with Crippen LogP contribution >= 0.6 is 0 Å². The smallest absolute Gasteiger partial charge is 0.221 e. The van der Waals surface area contributed by atoms with E-state index in [1.54, 1.807) is 7.05 Å². The van der Waals surface area contributed by atoms with E-state index in [0.29, 0.717) is 6.42 Å². The van der Waals surface area contributed by atoms with Crippen molar-refractivity contribution in [3.8, 4) is 0 Å². The van der Waals surface area contributed by atoms with Gasteiger partial charge in [0.2, 0.25) is 5.91 Å². The normalized spacial score (nSPS) is 12.2. The summed E-state index contributed by atoms with van der Waals surface area (Å²) in [6.45, 7) is 2.11. The number of hydrogen-bond acceptors (Lipinski definition) is 2. The van der Waals surface area contributed by atoms with Gasteiger partial charge in [0.15, 0.2) is 0 Å². The quantitative estimate of drug-likeness (QED) is 0.782. The van der Waals surface area contributed by atoms with Gasteiger partial charge in [0.25, 0.3) is 0 Å². The zero-order valence-electron chi connectivity index (χ0n) is 9.29. The van der Waals surface area contributed by atoms with Crippen molar-refractivity contribution in [3.05, 3.63) is 35.4 Å². The Labute approximate surface area is 90.7 Å². The second-order valence-electron chi connectivity index (χ2n) is 3.58. The minimum Gasteiger partial charge on any atom is -0.359 e. The lowest BCUT2D eigenvalue weighted by molar-refractivity contribution is -0.120. The average molecular weight is 206 g/mol. The highest BCUT2D eigenvalue weighted by Crippen LogP contribution is 2.14. The lowest BCUT2D eigenvalue weighted by Gasteiger charge is -2.11. The van der Waals surface area contributed by atoms with Crippen molar-refractivity contribution in [3.63, 3.8) is 0 Å². The molecule has 3 N–H and O–H groups in total. The molecule has 0 saturated heterocycles. The molecule has 0 radical (unpaired) electrons. The van der Waals surface area contributed by atoms with Crippen LogP contribution in [0.15, 0.2) is 24.3 Å². The van der Waals surface area contributed by atoms with Gasteiger partial charge in [-0.15, -0.1) is 0 Å². The molecule has 0 aliphatic rings. The monoisotopic (exact) mass is 206 g/mol. The van der Waals surface area contributed by atoms with E-state index in [9.17, 15) is 4.79 Å². The van der Waals surface area contributed by atoms with Gasteiger partial charge < -0.3 is 11.1 Å². The fourth-order valence-corrected chi connectivity index (χ4v) is 1.42. The van der Waals surface area contributed by atoms with E-state index in [1.807, 2.05) is 12.1 Å². The minimum absolute atomic E-state index is 0.0259. The zero-order valence-corrected chi connectivity index (χ0v) is 9.29. The molecule has 1 rings (SSSR count). The van der Waals surface area contributed by atoms with Crippen LogP contribution in [0.2, 0.25) is 0 Å². The summed E-state index contributed by atoms with van der Waals surface area (Å²) in [4.78, 5) is 11.1. The van der Waals surface area contributed by atoms with Gasteiger partial charge in [-0.25, -0.2) is 0 Å². The number of benzene rings is 1. The molecule has 15 heavy (non-hydrogen) atoms. The summed E-state index contributed by atoms with van der Waals surface area (Å²) in [5.74, 6) is -0.0259. The fourth-order valence-electron chi connectivity index (χ4n) is 1.42. The van der Waals surface area contributed by atoms with Crippen molar-refractivity contribution in [2.75, 3.05) is 7.05 Å². The Hall–Kier alpha value is -1.35. The third kappa shape index (κ3) is 3.36. The van der Waals surface area contributed by atoms with Gasteiger partial charge in [-0.3, -0.25) is 4.79 Å². The number of aryl methyl sites for hydroxylation is 1. The molecule has 3 heteroatoms. The zero-order chi connectivity index (χ0) is 11.3. The molecule has 3 nitrogen and oxygen atoms in total. The first-order valence-corrected chi connectivity index (χ1v) is 5.22. The van der Waals surface area contributed by atoms with Crippen molar-refractivity contribution in [1.82, 2.24) is 5.32 Å². The number of carbonyl (C=O) groups is 1. The average Bonchev–Trinajstić information content (AvgIpc) is 2.29. The second-order valence-corrected chi connectivity index (χ2v) is 3.58. The summed E-state index contributed by atoms with van der Waals surface area (Å²) in [6, 6.07) is 7.88. The van der Waals surface area contributed by atoms with Crippen molar-refractivity contribution < 1.29 is 4.79 Å². The SMILES string of the molecule is CCc1ccc(C(N)CC(=O)NC)cc1. The van der Waals surface area contributed by atoms with Gasteiger partial charge in [-0.05, 0) is 17.5 Å². The Morgan fingerprint density at radius 3 is 2.47 bits per heavy atom. The van der Waals surface area contributed by atoms with Crippen LogP contribution in [0.1, 0.15) is 30.5 Å². The molecule has 1 amide bonds. The first-order chi connectivity index (χ1) is 7.17. The molecule has 0 saturated carbocycles. The highest BCUT2D eigenvalue weighted by atomic mass is 16.1. The van der Waals surface area contributed by atoms with E-state index in [0.717, 1.165) is 12.0 Å². The first-order valence-electron chi connectivity index (χ1n) is 5.22. The van der Waals surface area contributed by atoms with Crippen LogP contribution in [0, 0.1) is 0 Å². The molecule has 0 aromatic heterocycles. The molecule has 0 fully saturated rings. The molecule has 0 aliphatic heterocycles. The van der Waals surface area contributed by atoms with Crippen LogP contribution in [0.3, 0.4) is 0 Å². The van der Waals surface area contributed by atoms with E-state index in [4.69, 9.17) is 5.73 Å². The van der Waals surface area contributed by atoms with Crippen molar-refractivity contribution >= 4 is 5.91 Å². The van der Waals surface area contributed by atoms with Crippen LogP contribution in [0.4, 0.5) is 0 Å². The Bertz CT molecular complexity index is 319. The Morgan fingerprint density at radius 2 is 2.00 bits per heavy atom. The number of carbonyl (C=O) groups excluding carboxylic acids is 1. The van der Waals surface area contributed by atoms with Crippen LogP contribution in [-0.2, 0) is 11.2 Å². The Kier molecular flexibility index (Phi) is 4.31. The van der Waals surface area contributed by atoms with E-state index >= 15 is 0 Å². The van der Waals surface area contributed by atoms with Crippen molar-refractivity contribution in [2.24, 2.45) is 5.73 Å². The summed E-state index contributed by atoms with van der Waals surface area (Å²) in [5.41, 5.74) is 8.20. The third-order valence-electron chi connectivity index (χ3n) is 2.50. The maximum Gasteiger partial charge on any atom is 0.221 e. The lowest BCUT2D eigenvalue weighted by atomic mass is 10.0. The maximum atomic E-state index is 11.1. The molecule has 0 heterocycles. The number of nitrogens with two attached hydrogens (primary N) is 1. The summed E-state index contributed by atoms with van der Waals surface area (Å²) >= 11 is 0. The maximum absolute atomic E-state index is 11.1. The van der Waals surface area contributed by atoms with Crippen LogP contribution in [0.25, 0.3) is 0 Å². The number of rotatable bonds is 4. The molecule has 82 valence electrons. The highest BCUT2D eigenvalue weighted by molar-refractivity contribution is 5.76. The molecule has 0 bridgehead atoms. The first kappa shape index (κ1) is 11.7. The predicted octanol–water partition coefficient (Wildman–Crippen LogP) is 1.38. The van der Waals surface area contributed by atoms with E-state index in [-0.39, 0.29) is 11.9 Å². The molecular weight excluding hydrogens is 188 g/mol. The van der Waals surface area contributed by atoms with Crippen LogP contribution in [0.5, 0.6) is 0 Å². The van der Waals surface area contributed by atoms with E-state index in [2.05, 4.69) is 24.4 Å². The van der Waals surface area contributed by atoms with Crippen molar-refractivity contribution in [1.29, 1.82) is 0 Å². The third-order valence-corrected chi connectivity index (χ3v) is 2.50. The van der Waals surface area contributed by atoms with Gasteiger partial charge in [0.05, 0.1) is 0 Å². The summed E-state index contributed by atoms with van der Waals surface area (Å²) in [6.07, 6.45) is 1.35. The Morgan fingerprint density at radius 1 is 1.40 bits per heavy atom. The van der Waals surface area contributed by atoms with E-state index in [1.165, 1.54) is 5.56 Å². The molecule has 1 aromatic rings. The van der Waals surface area contributed by atoms with Crippen LogP contribution in [-0.4, -0.2) is 13.0 Å². The standard InChI is InChI=1S/C12H18N2O/c1-3-9-4-6-10(7-5-9)11(13)8-12(15)14-2/h4-7,11H,3,8,13H2,1-2H3,(H,14,15). The number of amides is 1. The van der Waals surface area contributed by atoms with Gasteiger partial charge in [0, 0.05) is 19.5 Å².